The van der Waals surface area contributed by atoms with E-state index in [0.717, 1.165) is 29.9 Å². The van der Waals surface area contributed by atoms with Gasteiger partial charge in [0.2, 0.25) is 0 Å². The molecule has 0 aliphatic heterocycles. The highest BCUT2D eigenvalue weighted by Crippen LogP contribution is 2.11. The second-order valence-corrected chi connectivity index (χ2v) is 3.15. The van der Waals surface area contributed by atoms with E-state index in [1.165, 1.54) is 0 Å². The van der Waals surface area contributed by atoms with Crippen LogP contribution in [0.4, 0.5) is 0 Å². The maximum Gasteiger partial charge on any atom is 0.0641 e. The average Bonchev–Trinajstić information content (AvgIpc) is 2.38. The smallest absolute Gasteiger partial charge is 0.0641 e. The van der Waals surface area contributed by atoms with Crippen LogP contribution in [0.15, 0.2) is 0 Å². The van der Waals surface area contributed by atoms with Crippen molar-refractivity contribution >= 4 is 0 Å². The largest absolute Gasteiger partial charge is 0.396 e. The molecule has 0 radical (unpaired) electrons. The molecule has 1 heterocycles. The summed E-state index contributed by atoms with van der Waals surface area (Å²) < 4.78 is 1.91. The van der Waals surface area contributed by atoms with Gasteiger partial charge in [0.05, 0.1) is 5.69 Å². The van der Waals surface area contributed by atoms with Gasteiger partial charge in [0.25, 0.3) is 0 Å². The third-order valence-electron chi connectivity index (χ3n) is 2.26. The second-order valence-electron chi connectivity index (χ2n) is 3.15. The van der Waals surface area contributed by atoms with E-state index in [-0.39, 0.29) is 6.61 Å². The molecule has 74 valence electrons. The van der Waals surface area contributed by atoms with Crippen molar-refractivity contribution in [2.24, 2.45) is 5.73 Å². The summed E-state index contributed by atoms with van der Waals surface area (Å²) >= 11 is 0. The van der Waals surface area contributed by atoms with E-state index in [2.05, 4.69) is 5.10 Å². The highest BCUT2D eigenvalue weighted by atomic mass is 16.3. The van der Waals surface area contributed by atoms with E-state index in [1.807, 2.05) is 18.5 Å². The molecule has 0 saturated carbocycles. The molecule has 1 aromatic rings. The first-order valence-corrected chi connectivity index (χ1v) is 4.54. The first-order chi connectivity index (χ1) is 6.20. The van der Waals surface area contributed by atoms with Gasteiger partial charge in [-0.15, -0.1) is 0 Å². The summed E-state index contributed by atoms with van der Waals surface area (Å²) in [5.41, 5.74) is 8.83. The van der Waals surface area contributed by atoms with Crippen molar-refractivity contribution in [3.63, 3.8) is 0 Å². The number of aromatic nitrogens is 2. The fourth-order valence-electron chi connectivity index (χ4n) is 1.47. The van der Waals surface area contributed by atoms with Gasteiger partial charge in [-0.1, -0.05) is 0 Å². The molecule has 0 aromatic carbocycles. The van der Waals surface area contributed by atoms with E-state index < -0.39 is 0 Å². The van der Waals surface area contributed by atoms with Crippen LogP contribution in [-0.4, -0.2) is 21.5 Å². The number of hydrogen-bond acceptors (Lipinski definition) is 3. The summed E-state index contributed by atoms with van der Waals surface area (Å²) in [6.07, 6.45) is 0.742. The number of nitrogens with zero attached hydrogens (tertiary/aromatic N) is 2. The molecule has 0 aliphatic carbocycles. The minimum absolute atomic E-state index is 0.205. The number of hydrogen-bond donors (Lipinski definition) is 2. The average molecular weight is 183 g/mol. The molecule has 4 heteroatoms. The van der Waals surface area contributed by atoms with Crippen LogP contribution < -0.4 is 5.73 Å². The molecule has 0 amide bonds. The van der Waals surface area contributed by atoms with E-state index in [0.29, 0.717) is 6.54 Å². The third kappa shape index (κ3) is 2.08. The Hall–Kier alpha value is -0.870. The Bertz CT molecular complexity index is 281. The van der Waals surface area contributed by atoms with Crippen LogP contribution in [0.2, 0.25) is 0 Å². The van der Waals surface area contributed by atoms with Crippen LogP contribution >= 0.6 is 0 Å². The summed E-state index contributed by atoms with van der Waals surface area (Å²) in [4.78, 5) is 0. The van der Waals surface area contributed by atoms with Gasteiger partial charge in [0, 0.05) is 31.0 Å². The predicted molar refractivity (Wildman–Crippen MR) is 51.3 cm³/mol. The van der Waals surface area contributed by atoms with Gasteiger partial charge in [0.1, 0.15) is 0 Å². The lowest BCUT2D eigenvalue weighted by Crippen LogP contribution is -2.05. The van der Waals surface area contributed by atoms with E-state index in [1.54, 1.807) is 0 Å². The highest BCUT2D eigenvalue weighted by Gasteiger charge is 2.08. The van der Waals surface area contributed by atoms with Gasteiger partial charge in [0.15, 0.2) is 0 Å². The Kier molecular flexibility index (Phi) is 3.45. The van der Waals surface area contributed by atoms with Crippen molar-refractivity contribution in [3.05, 3.63) is 17.0 Å². The van der Waals surface area contributed by atoms with Gasteiger partial charge in [-0.3, -0.25) is 4.68 Å². The lowest BCUT2D eigenvalue weighted by molar-refractivity contribution is 0.276. The molecule has 0 unspecified atom stereocenters. The molecule has 1 aromatic heterocycles. The van der Waals surface area contributed by atoms with Crippen LogP contribution in [0.3, 0.4) is 0 Å². The van der Waals surface area contributed by atoms with Crippen molar-refractivity contribution in [3.8, 4) is 0 Å². The molecule has 0 spiro atoms. The van der Waals surface area contributed by atoms with Crippen LogP contribution in [-0.2, 0) is 13.1 Å². The van der Waals surface area contributed by atoms with Gasteiger partial charge < -0.3 is 10.8 Å². The van der Waals surface area contributed by atoms with Gasteiger partial charge in [-0.2, -0.15) is 5.10 Å². The van der Waals surface area contributed by atoms with Crippen LogP contribution in [0.25, 0.3) is 0 Å². The number of aliphatic hydroxyl groups is 1. The third-order valence-corrected chi connectivity index (χ3v) is 2.26. The topological polar surface area (TPSA) is 64.1 Å². The Morgan fingerprint density at radius 3 is 2.62 bits per heavy atom. The van der Waals surface area contributed by atoms with E-state index in [9.17, 15) is 0 Å². The summed E-state index contributed by atoms with van der Waals surface area (Å²) in [7, 11) is 0. The Morgan fingerprint density at radius 2 is 2.15 bits per heavy atom. The minimum Gasteiger partial charge on any atom is -0.396 e. The SMILES string of the molecule is Cc1nn(CCCO)c(C)c1CN. The molecule has 0 bridgehead atoms. The standard InChI is InChI=1S/C9H17N3O/c1-7-9(6-10)8(2)12(11-7)4-3-5-13/h13H,3-6,10H2,1-2H3. The quantitative estimate of drug-likeness (QED) is 0.707. The Balaban J connectivity index is 2.83. The maximum absolute atomic E-state index is 8.69. The lowest BCUT2D eigenvalue weighted by Gasteiger charge is -2.02. The fraction of sp³-hybridized carbons (Fsp3) is 0.667. The monoisotopic (exact) mass is 183 g/mol. The van der Waals surface area contributed by atoms with Crippen LogP contribution in [0.5, 0.6) is 0 Å². The van der Waals surface area contributed by atoms with E-state index >= 15 is 0 Å². The molecular formula is C9H17N3O. The summed E-state index contributed by atoms with van der Waals surface area (Å²) in [6.45, 7) is 5.49. The zero-order chi connectivity index (χ0) is 9.84. The normalized spacial score (nSPS) is 10.8. The van der Waals surface area contributed by atoms with Crippen LogP contribution in [0, 0.1) is 13.8 Å². The van der Waals surface area contributed by atoms with E-state index in [4.69, 9.17) is 10.8 Å². The van der Waals surface area contributed by atoms with Gasteiger partial charge in [-0.05, 0) is 20.3 Å². The van der Waals surface area contributed by atoms with Crippen molar-refractivity contribution in [2.75, 3.05) is 6.61 Å². The lowest BCUT2D eigenvalue weighted by atomic mass is 10.2. The summed E-state index contributed by atoms with van der Waals surface area (Å²) in [5.74, 6) is 0. The summed E-state index contributed by atoms with van der Waals surface area (Å²) in [5, 5.41) is 13.0. The first-order valence-electron chi connectivity index (χ1n) is 4.54. The highest BCUT2D eigenvalue weighted by molar-refractivity contribution is 5.23. The van der Waals surface area contributed by atoms with Crippen molar-refractivity contribution in [2.45, 2.75) is 33.4 Å². The second kappa shape index (κ2) is 4.39. The molecule has 0 fully saturated rings. The predicted octanol–water partition coefficient (Wildman–Crippen LogP) is 0.341. The Labute approximate surface area is 78.4 Å². The maximum atomic E-state index is 8.69. The molecular weight excluding hydrogens is 166 g/mol. The summed E-state index contributed by atoms with van der Waals surface area (Å²) in [6, 6.07) is 0. The molecule has 4 nitrogen and oxygen atoms in total. The molecule has 1 rings (SSSR count). The van der Waals surface area contributed by atoms with Crippen molar-refractivity contribution < 1.29 is 5.11 Å². The molecule has 0 atom stereocenters. The molecule has 0 saturated heterocycles. The van der Waals surface area contributed by atoms with Gasteiger partial charge >= 0.3 is 0 Å². The van der Waals surface area contributed by atoms with Crippen molar-refractivity contribution in [1.29, 1.82) is 0 Å². The van der Waals surface area contributed by atoms with Gasteiger partial charge in [-0.25, -0.2) is 0 Å². The molecule has 13 heavy (non-hydrogen) atoms. The number of nitrogens with two attached hydrogens (primary N) is 1. The van der Waals surface area contributed by atoms with Crippen LogP contribution in [0.1, 0.15) is 23.4 Å². The fourth-order valence-corrected chi connectivity index (χ4v) is 1.47. The number of aliphatic hydroxyl groups excluding tert-OH is 1. The number of rotatable bonds is 4. The molecule has 0 aliphatic rings. The zero-order valence-corrected chi connectivity index (χ0v) is 8.25. The molecule has 3 N–H and O–H groups in total. The minimum atomic E-state index is 0.205. The first kappa shape index (κ1) is 10.2. The zero-order valence-electron chi connectivity index (χ0n) is 8.25. The van der Waals surface area contributed by atoms with Crippen molar-refractivity contribution in [1.82, 2.24) is 9.78 Å². The number of aryl methyl sites for hydroxylation is 2. The Morgan fingerprint density at radius 1 is 1.46 bits per heavy atom.